The Hall–Kier alpha value is -2.68. The second kappa shape index (κ2) is 9.67. The third kappa shape index (κ3) is 4.98. The second-order valence-electron chi connectivity index (χ2n) is 8.41. The number of halogens is 1. The van der Waals surface area contributed by atoms with Crippen LogP contribution in [0.3, 0.4) is 0 Å². The Labute approximate surface area is 199 Å². The highest BCUT2D eigenvalue weighted by molar-refractivity contribution is 7.89. The molecule has 0 aliphatic carbocycles. The maximum absolute atomic E-state index is 13.1. The summed E-state index contributed by atoms with van der Waals surface area (Å²) in [6.07, 6.45) is 1.58. The van der Waals surface area contributed by atoms with Crippen molar-refractivity contribution >= 4 is 27.3 Å². The molecule has 3 aromatic rings. The van der Waals surface area contributed by atoms with Crippen LogP contribution in [0.25, 0.3) is 0 Å². The summed E-state index contributed by atoms with van der Waals surface area (Å²) in [4.78, 5) is 15.0. The van der Waals surface area contributed by atoms with Crippen molar-refractivity contribution in [3.8, 4) is 0 Å². The topological polar surface area (TPSA) is 75.5 Å². The predicted octanol–water partition coefficient (Wildman–Crippen LogP) is 3.58. The Morgan fingerprint density at radius 3 is 2.21 bits per heavy atom. The third-order valence-electron chi connectivity index (χ3n) is 5.91. The van der Waals surface area contributed by atoms with Gasteiger partial charge in [0.2, 0.25) is 10.0 Å². The first-order chi connectivity index (χ1) is 15.8. The number of hydrogen-bond donors (Lipinski definition) is 0. The highest BCUT2D eigenvalue weighted by Crippen LogP contribution is 2.25. The van der Waals surface area contributed by atoms with E-state index < -0.39 is 10.0 Å². The SMILES string of the molecule is CC(C)c1ccc(S(=O)(=O)N2CCN(c3cnn(Cc4ccccc4)c(=O)c3Cl)CC2)cc1. The molecule has 2 heterocycles. The van der Waals surface area contributed by atoms with Crippen LogP contribution in [0.1, 0.15) is 30.9 Å². The van der Waals surface area contributed by atoms with Gasteiger partial charge in [0.25, 0.3) is 5.56 Å². The van der Waals surface area contributed by atoms with E-state index >= 15 is 0 Å². The van der Waals surface area contributed by atoms with Gasteiger partial charge in [0.05, 0.1) is 23.3 Å². The highest BCUT2D eigenvalue weighted by Gasteiger charge is 2.29. The first-order valence-corrected chi connectivity index (χ1v) is 12.7. The summed E-state index contributed by atoms with van der Waals surface area (Å²) in [5.41, 5.74) is 2.22. The van der Waals surface area contributed by atoms with Gasteiger partial charge in [-0.15, -0.1) is 0 Å². The van der Waals surface area contributed by atoms with Gasteiger partial charge in [0.15, 0.2) is 0 Å². The molecule has 0 unspecified atom stereocenters. The minimum Gasteiger partial charge on any atom is -0.366 e. The van der Waals surface area contributed by atoms with Crippen molar-refractivity contribution in [2.75, 3.05) is 31.1 Å². The van der Waals surface area contributed by atoms with E-state index in [4.69, 9.17) is 11.6 Å². The Balaban J connectivity index is 1.46. The summed E-state index contributed by atoms with van der Waals surface area (Å²) in [6.45, 7) is 5.93. The highest BCUT2D eigenvalue weighted by atomic mass is 35.5. The molecule has 1 aliphatic heterocycles. The fourth-order valence-corrected chi connectivity index (χ4v) is 5.58. The van der Waals surface area contributed by atoms with Crippen LogP contribution in [-0.4, -0.2) is 48.7 Å². The van der Waals surface area contributed by atoms with Crippen LogP contribution in [0.4, 0.5) is 5.69 Å². The van der Waals surface area contributed by atoms with E-state index in [1.54, 1.807) is 18.3 Å². The molecule has 1 saturated heterocycles. The van der Waals surface area contributed by atoms with Gasteiger partial charge in [-0.2, -0.15) is 9.40 Å². The maximum Gasteiger partial charge on any atom is 0.287 e. The fraction of sp³-hybridized carbons (Fsp3) is 0.333. The molecule has 1 aliphatic rings. The Bertz CT molecular complexity index is 1270. The molecular weight excluding hydrogens is 460 g/mol. The fourth-order valence-electron chi connectivity index (χ4n) is 3.89. The van der Waals surface area contributed by atoms with Crippen molar-refractivity contribution < 1.29 is 8.42 Å². The van der Waals surface area contributed by atoms with Crippen LogP contribution in [0, 0.1) is 0 Å². The number of nitrogens with zero attached hydrogens (tertiary/aromatic N) is 4. The molecule has 0 saturated carbocycles. The van der Waals surface area contributed by atoms with E-state index in [0.29, 0.717) is 49.2 Å². The standard InChI is InChI=1S/C24H27ClN4O3S/c1-18(2)20-8-10-21(11-9-20)33(31,32)28-14-12-27(13-15-28)22-16-26-29(24(30)23(22)25)17-19-6-4-3-5-7-19/h3-11,16,18H,12-15,17H2,1-2H3. The van der Waals surface area contributed by atoms with Crippen molar-refractivity contribution in [1.29, 1.82) is 0 Å². The summed E-state index contributed by atoms with van der Waals surface area (Å²) < 4.78 is 28.9. The first-order valence-electron chi connectivity index (χ1n) is 10.9. The Morgan fingerprint density at radius 1 is 0.970 bits per heavy atom. The van der Waals surface area contributed by atoms with Crippen molar-refractivity contribution in [2.45, 2.75) is 31.2 Å². The molecule has 0 N–H and O–H groups in total. The number of benzene rings is 2. The molecule has 2 aromatic carbocycles. The van der Waals surface area contributed by atoms with Gasteiger partial charge >= 0.3 is 0 Å². The lowest BCUT2D eigenvalue weighted by molar-refractivity contribution is 0.384. The molecule has 174 valence electrons. The molecule has 1 fully saturated rings. The Morgan fingerprint density at radius 2 is 1.61 bits per heavy atom. The second-order valence-corrected chi connectivity index (χ2v) is 10.7. The van der Waals surface area contributed by atoms with E-state index in [2.05, 4.69) is 18.9 Å². The molecule has 33 heavy (non-hydrogen) atoms. The lowest BCUT2D eigenvalue weighted by atomic mass is 10.0. The summed E-state index contributed by atoms with van der Waals surface area (Å²) >= 11 is 6.41. The molecular formula is C24H27ClN4O3S. The monoisotopic (exact) mass is 486 g/mol. The van der Waals surface area contributed by atoms with Gasteiger partial charge in [-0.05, 0) is 29.2 Å². The number of anilines is 1. The van der Waals surface area contributed by atoms with Crippen LogP contribution in [0.5, 0.6) is 0 Å². The minimum atomic E-state index is -3.58. The molecule has 7 nitrogen and oxygen atoms in total. The Kier molecular flexibility index (Phi) is 6.88. The third-order valence-corrected chi connectivity index (χ3v) is 8.17. The summed E-state index contributed by atoms with van der Waals surface area (Å²) in [5.74, 6) is 0.340. The molecule has 1 aromatic heterocycles. The molecule has 4 rings (SSSR count). The van der Waals surface area contributed by atoms with Crippen LogP contribution >= 0.6 is 11.6 Å². The minimum absolute atomic E-state index is 0.0986. The van der Waals surface area contributed by atoms with E-state index in [1.165, 1.54) is 8.99 Å². The zero-order valence-corrected chi connectivity index (χ0v) is 20.3. The van der Waals surface area contributed by atoms with Gasteiger partial charge in [-0.3, -0.25) is 4.79 Å². The van der Waals surface area contributed by atoms with Gasteiger partial charge in [0.1, 0.15) is 5.02 Å². The zero-order chi connectivity index (χ0) is 23.6. The normalized spacial score (nSPS) is 15.2. The summed E-state index contributed by atoms with van der Waals surface area (Å²) in [5, 5.41) is 4.39. The van der Waals surface area contributed by atoms with E-state index in [1.807, 2.05) is 47.4 Å². The van der Waals surface area contributed by atoms with E-state index in [9.17, 15) is 13.2 Å². The zero-order valence-electron chi connectivity index (χ0n) is 18.7. The van der Waals surface area contributed by atoms with Crippen LogP contribution in [-0.2, 0) is 16.6 Å². The maximum atomic E-state index is 13.1. The van der Waals surface area contributed by atoms with Crippen molar-refractivity contribution in [1.82, 2.24) is 14.1 Å². The molecule has 9 heteroatoms. The largest absolute Gasteiger partial charge is 0.366 e. The first kappa shape index (κ1) is 23.5. The van der Waals surface area contributed by atoms with Crippen LogP contribution in [0.2, 0.25) is 5.02 Å². The van der Waals surface area contributed by atoms with E-state index in [-0.39, 0.29) is 10.6 Å². The molecule has 0 bridgehead atoms. The van der Waals surface area contributed by atoms with Crippen molar-refractivity contribution in [2.24, 2.45) is 0 Å². The average Bonchev–Trinajstić information content (AvgIpc) is 2.83. The number of sulfonamides is 1. The smallest absolute Gasteiger partial charge is 0.287 e. The number of rotatable bonds is 6. The van der Waals surface area contributed by atoms with Crippen LogP contribution in [0.15, 0.2) is 70.5 Å². The number of piperazine rings is 1. The molecule has 0 spiro atoms. The molecule has 0 amide bonds. The lowest BCUT2D eigenvalue weighted by Gasteiger charge is -2.35. The number of aromatic nitrogens is 2. The van der Waals surface area contributed by atoms with Gasteiger partial charge in [-0.25, -0.2) is 13.1 Å². The quantitative estimate of drug-likeness (QED) is 0.532. The van der Waals surface area contributed by atoms with Crippen molar-refractivity contribution in [3.05, 3.63) is 87.3 Å². The average molecular weight is 487 g/mol. The number of hydrogen-bond acceptors (Lipinski definition) is 5. The van der Waals surface area contributed by atoms with Crippen molar-refractivity contribution in [3.63, 3.8) is 0 Å². The van der Waals surface area contributed by atoms with Gasteiger partial charge < -0.3 is 4.90 Å². The summed E-state index contributed by atoms with van der Waals surface area (Å²) in [6, 6.07) is 16.6. The van der Waals surface area contributed by atoms with E-state index in [0.717, 1.165) is 11.1 Å². The summed E-state index contributed by atoms with van der Waals surface area (Å²) in [7, 11) is -3.58. The lowest BCUT2D eigenvalue weighted by Crippen LogP contribution is -2.49. The van der Waals surface area contributed by atoms with Crippen LogP contribution < -0.4 is 10.5 Å². The van der Waals surface area contributed by atoms with Gasteiger partial charge in [0, 0.05) is 26.2 Å². The van der Waals surface area contributed by atoms with Gasteiger partial charge in [-0.1, -0.05) is 67.9 Å². The molecule has 0 radical (unpaired) electrons. The molecule has 0 atom stereocenters. The predicted molar refractivity (Wildman–Crippen MR) is 131 cm³/mol.